The molecule has 0 fully saturated rings. The van der Waals surface area contributed by atoms with E-state index >= 15 is 0 Å². The molecule has 0 saturated carbocycles. The highest BCUT2D eigenvalue weighted by Gasteiger charge is 2.29. The largest absolute Gasteiger partial charge is 0.327 e. The fourth-order valence-corrected chi connectivity index (χ4v) is 10.2. The molecule has 0 bridgehead atoms. The predicted octanol–water partition coefficient (Wildman–Crippen LogP) is 14.7. The lowest BCUT2D eigenvalue weighted by molar-refractivity contribution is 0.714. The number of nitrogens with one attached hydrogen (secondary N) is 1. The molecule has 3 N–H and O–H groups in total. The molecule has 2 atom stereocenters. The summed E-state index contributed by atoms with van der Waals surface area (Å²) >= 11 is 0. The first-order valence-corrected chi connectivity index (χ1v) is 24.8. The Hall–Kier alpha value is -9.63. The monoisotopic (exact) mass is 954 g/mol. The van der Waals surface area contributed by atoms with Crippen LogP contribution in [0.15, 0.2) is 260 Å². The Kier molecular flexibility index (Phi) is 12.2. The van der Waals surface area contributed by atoms with E-state index in [0.29, 0.717) is 28.9 Å². The van der Waals surface area contributed by atoms with Crippen LogP contribution in [0.2, 0.25) is 0 Å². The minimum atomic E-state index is -0.286. The zero-order valence-electron chi connectivity index (χ0n) is 40.7. The molecule has 74 heavy (non-hydrogen) atoms. The Morgan fingerprint density at radius 3 is 1.68 bits per heavy atom. The summed E-state index contributed by atoms with van der Waals surface area (Å²) < 4.78 is 2.34. The van der Waals surface area contributed by atoms with Crippen molar-refractivity contribution < 1.29 is 0 Å². The Bertz CT molecular complexity index is 3900. The SMILES string of the molecule is CN(C(=NC(=N)c1cccc(-c2cccc(-c3ccccc3)c2)c1)c1ccccc1)c1c(C2C=CC=CC2N)ccc2c3ccccc3n(-c3cccc(-c4nc(-c5ccccc5)nc(-c5ccccc5)n4)c3)c12. The number of nitrogens with zero attached hydrogens (tertiary/aromatic N) is 6. The van der Waals surface area contributed by atoms with Gasteiger partial charge in [-0.1, -0.05) is 224 Å². The number of anilines is 1. The molecule has 9 aromatic carbocycles. The average molecular weight is 955 g/mol. The smallest absolute Gasteiger partial charge is 0.164 e. The van der Waals surface area contributed by atoms with Crippen LogP contribution in [0.4, 0.5) is 5.69 Å². The van der Waals surface area contributed by atoms with Gasteiger partial charge in [-0.25, -0.2) is 19.9 Å². The van der Waals surface area contributed by atoms with Crippen LogP contribution in [-0.4, -0.2) is 44.3 Å². The molecule has 8 heteroatoms. The van der Waals surface area contributed by atoms with Gasteiger partial charge in [0, 0.05) is 63.3 Å². The molecule has 0 aliphatic heterocycles. The molecule has 8 nitrogen and oxygen atoms in total. The summed E-state index contributed by atoms with van der Waals surface area (Å²) in [6, 6.07) is 78.5. The van der Waals surface area contributed by atoms with Gasteiger partial charge in [-0.05, 0) is 58.1 Å². The molecule has 0 amide bonds. The van der Waals surface area contributed by atoms with Gasteiger partial charge in [0.05, 0.1) is 16.7 Å². The first kappa shape index (κ1) is 45.5. The second-order valence-corrected chi connectivity index (χ2v) is 18.5. The van der Waals surface area contributed by atoms with Gasteiger partial charge in [-0.3, -0.25) is 5.41 Å². The summed E-state index contributed by atoms with van der Waals surface area (Å²) in [7, 11) is 2.07. The Labute approximate surface area is 430 Å². The number of allylic oxidation sites excluding steroid dienone is 2. The number of aromatic nitrogens is 4. The van der Waals surface area contributed by atoms with E-state index in [0.717, 1.165) is 83.3 Å². The summed E-state index contributed by atoms with van der Waals surface area (Å²) in [4.78, 5) is 22.7. The second kappa shape index (κ2) is 19.9. The maximum Gasteiger partial charge on any atom is 0.164 e. The third-order valence-corrected chi connectivity index (χ3v) is 13.8. The average Bonchev–Trinajstić information content (AvgIpc) is 3.84. The van der Waals surface area contributed by atoms with Gasteiger partial charge < -0.3 is 15.2 Å². The summed E-state index contributed by atoms with van der Waals surface area (Å²) in [5.41, 5.74) is 20.5. The number of hydrogen-bond acceptors (Lipinski definition) is 5. The first-order chi connectivity index (χ1) is 36.4. The van der Waals surface area contributed by atoms with Crippen LogP contribution in [0.25, 0.3) is 83.9 Å². The first-order valence-electron chi connectivity index (χ1n) is 24.8. The molecule has 1 aliphatic carbocycles. The molecule has 11 aromatic rings. The van der Waals surface area contributed by atoms with Gasteiger partial charge in [-0.2, -0.15) is 0 Å². The number of benzene rings is 9. The van der Waals surface area contributed by atoms with Crippen LogP contribution in [0, 0.1) is 5.41 Å². The van der Waals surface area contributed by atoms with Gasteiger partial charge in [0.1, 0.15) is 5.84 Å². The lowest BCUT2D eigenvalue weighted by Gasteiger charge is -2.30. The van der Waals surface area contributed by atoms with E-state index in [1.54, 1.807) is 0 Å². The van der Waals surface area contributed by atoms with Crippen molar-refractivity contribution in [3.8, 4) is 62.1 Å². The minimum absolute atomic E-state index is 0.137. The van der Waals surface area contributed by atoms with Crippen molar-refractivity contribution in [3.63, 3.8) is 0 Å². The van der Waals surface area contributed by atoms with Crippen molar-refractivity contribution >= 4 is 39.2 Å². The van der Waals surface area contributed by atoms with Crippen LogP contribution in [0.1, 0.15) is 22.6 Å². The number of rotatable bonds is 10. The van der Waals surface area contributed by atoms with Crippen molar-refractivity contribution in [2.75, 3.05) is 11.9 Å². The lowest BCUT2D eigenvalue weighted by atomic mass is 9.86. The van der Waals surface area contributed by atoms with E-state index in [2.05, 4.69) is 168 Å². The lowest BCUT2D eigenvalue weighted by Crippen LogP contribution is -2.32. The van der Waals surface area contributed by atoms with Gasteiger partial charge >= 0.3 is 0 Å². The molecule has 354 valence electrons. The van der Waals surface area contributed by atoms with Crippen LogP contribution in [0.3, 0.4) is 0 Å². The van der Waals surface area contributed by atoms with E-state index in [4.69, 9.17) is 25.7 Å². The van der Waals surface area contributed by atoms with E-state index in [1.807, 2.05) is 103 Å². The third kappa shape index (κ3) is 8.80. The van der Waals surface area contributed by atoms with Crippen LogP contribution in [-0.2, 0) is 0 Å². The molecule has 0 saturated heterocycles. The summed E-state index contributed by atoms with van der Waals surface area (Å²) in [6.07, 6.45) is 8.34. The van der Waals surface area contributed by atoms with Crippen molar-refractivity contribution in [1.29, 1.82) is 5.41 Å². The van der Waals surface area contributed by atoms with Crippen molar-refractivity contribution in [1.82, 2.24) is 19.5 Å². The Morgan fingerprint density at radius 2 is 1.00 bits per heavy atom. The molecular weight excluding hydrogens is 905 g/mol. The van der Waals surface area contributed by atoms with Gasteiger partial charge in [0.15, 0.2) is 23.3 Å². The molecule has 1 aliphatic rings. The van der Waals surface area contributed by atoms with Crippen LogP contribution in [0.5, 0.6) is 0 Å². The predicted molar refractivity (Wildman–Crippen MR) is 305 cm³/mol. The number of para-hydroxylation sites is 1. The standard InChI is InChI=1S/C66H50N8/c1-73(66(47-27-12-5-13-28-47)69-62(68)51-32-19-31-50(42-51)49-30-18-29-48(41-49)44-21-6-2-7-22-44)60-56(54-35-14-16-37-58(54)67)39-40-57-55-36-15-17-38-59(55)74(61(57)60)53-34-20-33-52(43-53)65-71-63(45-23-8-3-9-24-45)70-64(72-65)46-25-10-4-11-26-46/h2-43,54,58,68H,67H2,1H3. The van der Waals surface area contributed by atoms with Crippen molar-refractivity contribution in [2.45, 2.75) is 12.0 Å². The van der Waals surface area contributed by atoms with Gasteiger partial charge in [0.25, 0.3) is 0 Å². The Morgan fingerprint density at radius 1 is 0.486 bits per heavy atom. The number of amidine groups is 2. The molecule has 2 heterocycles. The molecule has 0 spiro atoms. The van der Waals surface area contributed by atoms with Crippen LogP contribution < -0.4 is 10.6 Å². The number of hydrogen-bond donors (Lipinski definition) is 2. The van der Waals surface area contributed by atoms with Gasteiger partial charge in [-0.15, -0.1) is 0 Å². The van der Waals surface area contributed by atoms with Crippen LogP contribution >= 0.6 is 0 Å². The minimum Gasteiger partial charge on any atom is -0.327 e. The topological polar surface area (TPSA) is 109 Å². The maximum atomic E-state index is 9.78. The van der Waals surface area contributed by atoms with E-state index in [-0.39, 0.29) is 17.8 Å². The Balaban J connectivity index is 1.04. The van der Waals surface area contributed by atoms with E-state index in [9.17, 15) is 5.41 Å². The summed E-state index contributed by atoms with van der Waals surface area (Å²) in [5, 5.41) is 11.9. The number of aliphatic imine (C=N–C) groups is 1. The molecular formula is C66H50N8. The molecule has 2 unspecified atom stereocenters. The normalized spacial score (nSPS) is 14.4. The summed E-state index contributed by atoms with van der Waals surface area (Å²) in [6.45, 7) is 0. The fraction of sp³-hybridized carbons (Fsp3) is 0.0455. The highest BCUT2D eigenvalue weighted by Crippen LogP contribution is 2.44. The van der Waals surface area contributed by atoms with Gasteiger partial charge in [0.2, 0.25) is 0 Å². The fourth-order valence-electron chi connectivity index (χ4n) is 10.2. The molecule has 0 radical (unpaired) electrons. The number of nitrogens with two attached hydrogens (primary N) is 1. The highest BCUT2D eigenvalue weighted by atomic mass is 15.2. The van der Waals surface area contributed by atoms with E-state index in [1.165, 1.54) is 0 Å². The maximum absolute atomic E-state index is 9.78. The summed E-state index contributed by atoms with van der Waals surface area (Å²) in [5.74, 6) is 2.34. The zero-order valence-corrected chi connectivity index (χ0v) is 40.7. The quantitative estimate of drug-likeness (QED) is 0.105. The van der Waals surface area contributed by atoms with Crippen molar-refractivity contribution in [3.05, 3.63) is 272 Å². The zero-order chi connectivity index (χ0) is 50.0. The molecule has 12 rings (SSSR count). The highest BCUT2D eigenvalue weighted by molar-refractivity contribution is 6.22. The number of fused-ring (bicyclic) bond motifs is 3. The van der Waals surface area contributed by atoms with E-state index < -0.39 is 0 Å². The van der Waals surface area contributed by atoms with Crippen molar-refractivity contribution in [2.24, 2.45) is 10.7 Å². The second-order valence-electron chi connectivity index (χ2n) is 18.5. The molecule has 2 aromatic heterocycles. The third-order valence-electron chi connectivity index (χ3n) is 13.8.